The molecular formula is C16H25N3OS. The summed E-state index contributed by atoms with van der Waals surface area (Å²) >= 11 is 0. The Balaban J connectivity index is 1.68. The molecule has 1 aromatic rings. The molecule has 0 aliphatic heterocycles. The van der Waals surface area contributed by atoms with Gasteiger partial charge in [0, 0.05) is 41.9 Å². The summed E-state index contributed by atoms with van der Waals surface area (Å²) in [6, 6.07) is 9.99. The van der Waals surface area contributed by atoms with Gasteiger partial charge in [0.25, 0.3) is 0 Å². The molecule has 0 spiro atoms. The number of aliphatic imine (C=N–C) groups is 1. The standard InChI is InChI=1S/C16H25N3OS/c1-2-17-16(19-12-14-8-9-14)18-10-11-21(20)13-15-6-4-3-5-7-15/h3-7,14H,2,8-13H2,1H3,(H2,17,18,19). The van der Waals surface area contributed by atoms with Crippen LogP contribution in [0.5, 0.6) is 0 Å². The van der Waals surface area contributed by atoms with Crippen LogP contribution < -0.4 is 10.6 Å². The first-order valence-electron chi connectivity index (χ1n) is 7.69. The van der Waals surface area contributed by atoms with Gasteiger partial charge in [-0.25, -0.2) is 0 Å². The molecule has 1 saturated carbocycles. The largest absolute Gasteiger partial charge is 0.357 e. The van der Waals surface area contributed by atoms with E-state index in [0.717, 1.165) is 30.5 Å². The maximum atomic E-state index is 12.0. The average molecular weight is 307 g/mol. The second-order valence-electron chi connectivity index (χ2n) is 5.36. The van der Waals surface area contributed by atoms with E-state index in [9.17, 15) is 4.21 Å². The minimum atomic E-state index is -0.837. The monoisotopic (exact) mass is 307 g/mol. The lowest BCUT2D eigenvalue weighted by Crippen LogP contribution is -2.39. The van der Waals surface area contributed by atoms with E-state index in [4.69, 9.17) is 0 Å². The zero-order valence-corrected chi connectivity index (χ0v) is 13.5. The predicted molar refractivity (Wildman–Crippen MR) is 89.9 cm³/mol. The lowest BCUT2D eigenvalue weighted by molar-refractivity contribution is 0.680. The number of benzene rings is 1. The summed E-state index contributed by atoms with van der Waals surface area (Å²) in [6.07, 6.45) is 2.62. The molecule has 5 heteroatoms. The van der Waals surface area contributed by atoms with Crippen molar-refractivity contribution in [2.45, 2.75) is 25.5 Å². The van der Waals surface area contributed by atoms with E-state index in [1.807, 2.05) is 30.3 Å². The average Bonchev–Trinajstić information content (AvgIpc) is 3.30. The van der Waals surface area contributed by atoms with Crippen molar-refractivity contribution in [1.29, 1.82) is 0 Å². The van der Waals surface area contributed by atoms with Gasteiger partial charge in [-0.05, 0) is 31.2 Å². The van der Waals surface area contributed by atoms with Crippen molar-refractivity contribution in [2.75, 3.05) is 25.4 Å². The second-order valence-corrected chi connectivity index (χ2v) is 6.94. The van der Waals surface area contributed by atoms with Crippen molar-refractivity contribution in [3.63, 3.8) is 0 Å². The number of rotatable bonds is 8. The number of hydrogen-bond donors (Lipinski definition) is 2. The van der Waals surface area contributed by atoms with E-state index < -0.39 is 10.8 Å². The highest BCUT2D eigenvalue weighted by atomic mass is 32.2. The maximum Gasteiger partial charge on any atom is 0.191 e. The van der Waals surface area contributed by atoms with E-state index in [2.05, 4.69) is 22.5 Å². The molecule has 21 heavy (non-hydrogen) atoms. The molecule has 0 bridgehead atoms. The molecule has 2 N–H and O–H groups in total. The summed E-state index contributed by atoms with van der Waals surface area (Å²) in [4.78, 5) is 4.55. The maximum absolute atomic E-state index is 12.0. The van der Waals surface area contributed by atoms with Crippen LogP contribution in [-0.2, 0) is 16.6 Å². The number of nitrogens with one attached hydrogen (secondary N) is 2. The van der Waals surface area contributed by atoms with Crippen LogP contribution >= 0.6 is 0 Å². The Hall–Kier alpha value is -1.36. The first-order chi connectivity index (χ1) is 10.3. The molecule has 1 atom stereocenters. The minimum Gasteiger partial charge on any atom is -0.357 e. The number of nitrogens with zero attached hydrogens (tertiary/aromatic N) is 1. The quantitative estimate of drug-likeness (QED) is 0.570. The van der Waals surface area contributed by atoms with Crippen LogP contribution in [0.15, 0.2) is 35.3 Å². The van der Waals surface area contributed by atoms with E-state index in [-0.39, 0.29) is 0 Å². The molecule has 1 aliphatic rings. The van der Waals surface area contributed by atoms with Gasteiger partial charge < -0.3 is 10.6 Å². The minimum absolute atomic E-state index is 0.623. The third-order valence-electron chi connectivity index (χ3n) is 3.34. The van der Waals surface area contributed by atoms with Crippen LogP contribution in [0.1, 0.15) is 25.3 Å². The van der Waals surface area contributed by atoms with Crippen LogP contribution in [0.2, 0.25) is 0 Å². The first kappa shape index (κ1) is 16.0. The fraction of sp³-hybridized carbons (Fsp3) is 0.562. The van der Waals surface area contributed by atoms with Gasteiger partial charge in [-0.1, -0.05) is 30.3 Å². The lowest BCUT2D eigenvalue weighted by atomic mass is 10.2. The summed E-state index contributed by atoms with van der Waals surface area (Å²) < 4.78 is 12.0. The number of guanidine groups is 1. The van der Waals surface area contributed by atoms with Crippen LogP contribution in [0, 0.1) is 5.92 Å². The molecule has 2 rings (SSSR count). The second kappa shape index (κ2) is 8.82. The van der Waals surface area contributed by atoms with E-state index in [1.54, 1.807) is 0 Å². The van der Waals surface area contributed by atoms with Crippen LogP contribution in [0.4, 0.5) is 0 Å². The zero-order chi connectivity index (χ0) is 14.9. The van der Waals surface area contributed by atoms with Gasteiger partial charge in [0.2, 0.25) is 0 Å². The molecule has 0 radical (unpaired) electrons. The number of hydrogen-bond acceptors (Lipinski definition) is 2. The molecule has 116 valence electrons. The lowest BCUT2D eigenvalue weighted by Gasteiger charge is -2.11. The molecule has 1 fully saturated rings. The molecule has 4 nitrogen and oxygen atoms in total. The Morgan fingerprint density at radius 3 is 2.71 bits per heavy atom. The van der Waals surface area contributed by atoms with E-state index in [1.165, 1.54) is 12.8 Å². The van der Waals surface area contributed by atoms with Gasteiger partial charge in [0.15, 0.2) is 5.96 Å². The van der Waals surface area contributed by atoms with E-state index in [0.29, 0.717) is 18.1 Å². The Bertz CT molecular complexity index is 472. The van der Waals surface area contributed by atoms with Gasteiger partial charge in [0.1, 0.15) is 0 Å². The molecule has 1 unspecified atom stereocenters. The van der Waals surface area contributed by atoms with Crippen molar-refractivity contribution in [3.8, 4) is 0 Å². The highest BCUT2D eigenvalue weighted by Crippen LogP contribution is 2.28. The summed E-state index contributed by atoms with van der Waals surface area (Å²) in [5, 5.41) is 6.50. The topological polar surface area (TPSA) is 53.5 Å². The SMILES string of the molecule is CCNC(=NCC1CC1)NCCS(=O)Cc1ccccc1. The molecule has 1 aliphatic carbocycles. The molecule has 0 aromatic heterocycles. The molecule has 0 saturated heterocycles. The fourth-order valence-corrected chi connectivity index (χ4v) is 3.02. The summed E-state index contributed by atoms with van der Waals surface area (Å²) in [5.74, 6) is 2.90. The van der Waals surface area contributed by atoms with Crippen molar-refractivity contribution < 1.29 is 4.21 Å². The Labute approximate surface area is 129 Å². The highest BCUT2D eigenvalue weighted by molar-refractivity contribution is 7.84. The third kappa shape index (κ3) is 6.76. The summed E-state index contributed by atoms with van der Waals surface area (Å²) in [6.45, 7) is 4.50. The van der Waals surface area contributed by atoms with Crippen LogP contribution in [0.3, 0.4) is 0 Å². The van der Waals surface area contributed by atoms with Gasteiger partial charge in [-0.2, -0.15) is 0 Å². The van der Waals surface area contributed by atoms with Crippen molar-refractivity contribution in [2.24, 2.45) is 10.9 Å². The van der Waals surface area contributed by atoms with Crippen molar-refractivity contribution >= 4 is 16.8 Å². The van der Waals surface area contributed by atoms with Gasteiger partial charge in [0.05, 0.1) is 0 Å². The normalized spacial score (nSPS) is 16.5. The van der Waals surface area contributed by atoms with Crippen LogP contribution in [0.25, 0.3) is 0 Å². The Morgan fingerprint density at radius 2 is 2.05 bits per heavy atom. The van der Waals surface area contributed by atoms with Crippen molar-refractivity contribution in [1.82, 2.24) is 10.6 Å². The fourth-order valence-electron chi connectivity index (χ4n) is 1.98. The molecule has 0 heterocycles. The summed E-state index contributed by atoms with van der Waals surface area (Å²) in [5.41, 5.74) is 1.13. The van der Waals surface area contributed by atoms with Crippen LogP contribution in [-0.4, -0.2) is 35.6 Å². The van der Waals surface area contributed by atoms with Gasteiger partial charge in [-0.3, -0.25) is 9.20 Å². The predicted octanol–water partition coefficient (Wildman–Crippen LogP) is 1.90. The highest BCUT2D eigenvalue weighted by Gasteiger charge is 2.20. The molecular weight excluding hydrogens is 282 g/mol. The third-order valence-corrected chi connectivity index (χ3v) is 4.66. The summed E-state index contributed by atoms with van der Waals surface area (Å²) in [7, 11) is -0.837. The first-order valence-corrected chi connectivity index (χ1v) is 9.18. The van der Waals surface area contributed by atoms with Gasteiger partial charge >= 0.3 is 0 Å². The van der Waals surface area contributed by atoms with Crippen molar-refractivity contribution in [3.05, 3.63) is 35.9 Å². The van der Waals surface area contributed by atoms with Gasteiger partial charge in [-0.15, -0.1) is 0 Å². The molecule has 1 aromatic carbocycles. The Kier molecular flexibility index (Phi) is 6.73. The van der Waals surface area contributed by atoms with E-state index >= 15 is 0 Å². The molecule has 0 amide bonds. The smallest absolute Gasteiger partial charge is 0.191 e. The zero-order valence-electron chi connectivity index (χ0n) is 12.7. The Morgan fingerprint density at radius 1 is 1.29 bits per heavy atom.